The third-order valence-electron chi connectivity index (χ3n) is 5.30. The zero-order valence-electron chi connectivity index (χ0n) is 12.1. The lowest BCUT2D eigenvalue weighted by Gasteiger charge is -2.47. The van der Waals surface area contributed by atoms with E-state index in [0.29, 0.717) is 0 Å². The van der Waals surface area contributed by atoms with Crippen molar-refractivity contribution in [2.75, 3.05) is 39.3 Å². The maximum atomic E-state index is 3.39. The van der Waals surface area contributed by atoms with Crippen LogP contribution in [-0.2, 0) is 0 Å². The second-order valence-corrected chi connectivity index (χ2v) is 6.96. The van der Waals surface area contributed by atoms with Crippen molar-refractivity contribution in [1.29, 1.82) is 0 Å². The molecule has 1 N–H and O–H groups in total. The number of rotatable bonds is 2. The Labute approximate surface area is 112 Å². The SMILES string of the molecule is CC1CC(C)CC(N2CCN(C3CNC3)CC2)C1. The molecular formula is C15H29N3. The fourth-order valence-corrected chi connectivity index (χ4v) is 4.20. The van der Waals surface area contributed by atoms with Crippen LogP contribution in [0.3, 0.4) is 0 Å². The molecule has 2 aliphatic heterocycles. The van der Waals surface area contributed by atoms with Gasteiger partial charge < -0.3 is 5.32 Å². The van der Waals surface area contributed by atoms with Crippen LogP contribution in [-0.4, -0.2) is 61.2 Å². The van der Waals surface area contributed by atoms with E-state index >= 15 is 0 Å². The van der Waals surface area contributed by atoms with Crippen molar-refractivity contribution in [2.24, 2.45) is 11.8 Å². The van der Waals surface area contributed by atoms with Crippen molar-refractivity contribution >= 4 is 0 Å². The Morgan fingerprint density at radius 2 is 1.22 bits per heavy atom. The van der Waals surface area contributed by atoms with Gasteiger partial charge in [-0.25, -0.2) is 0 Å². The van der Waals surface area contributed by atoms with E-state index < -0.39 is 0 Å². The van der Waals surface area contributed by atoms with Crippen molar-refractivity contribution in [2.45, 2.75) is 45.2 Å². The average Bonchev–Trinajstić information content (AvgIpc) is 2.26. The zero-order valence-corrected chi connectivity index (χ0v) is 12.1. The lowest BCUT2D eigenvalue weighted by Crippen LogP contribution is -2.62. The van der Waals surface area contributed by atoms with Gasteiger partial charge in [0.15, 0.2) is 0 Å². The second-order valence-electron chi connectivity index (χ2n) is 6.96. The maximum absolute atomic E-state index is 3.39. The quantitative estimate of drug-likeness (QED) is 0.800. The van der Waals surface area contributed by atoms with Gasteiger partial charge >= 0.3 is 0 Å². The predicted molar refractivity (Wildman–Crippen MR) is 75.8 cm³/mol. The minimum Gasteiger partial charge on any atom is -0.314 e. The van der Waals surface area contributed by atoms with Crippen LogP contribution in [0.15, 0.2) is 0 Å². The first kappa shape index (κ1) is 12.9. The highest BCUT2D eigenvalue weighted by atomic mass is 15.3. The summed E-state index contributed by atoms with van der Waals surface area (Å²) in [5.74, 6) is 1.88. The first-order valence-corrected chi connectivity index (χ1v) is 7.91. The molecule has 0 aromatic carbocycles. The molecule has 3 nitrogen and oxygen atoms in total. The van der Waals surface area contributed by atoms with Crippen LogP contribution >= 0.6 is 0 Å². The third kappa shape index (κ3) is 2.73. The molecule has 2 heterocycles. The van der Waals surface area contributed by atoms with E-state index in [4.69, 9.17) is 0 Å². The van der Waals surface area contributed by atoms with Crippen LogP contribution in [0.5, 0.6) is 0 Å². The fourth-order valence-electron chi connectivity index (χ4n) is 4.20. The van der Waals surface area contributed by atoms with Crippen LogP contribution in [0.25, 0.3) is 0 Å². The van der Waals surface area contributed by atoms with Crippen molar-refractivity contribution in [1.82, 2.24) is 15.1 Å². The minimum atomic E-state index is 0.844. The molecule has 0 aromatic rings. The van der Waals surface area contributed by atoms with Crippen LogP contribution in [0.2, 0.25) is 0 Å². The number of nitrogens with zero attached hydrogens (tertiary/aromatic N) is 2. The van der Waals surface area contributed by atoms with E-state index in [0.717, 1.165) is 23.9 Å². The molecule has 0 bridgehead atoms. The normalized spacial score (nSPS) is 40.7. The molecule has 2 atom stereocenters. The Hall–Kier alpha value is -0.120. The summed E-state index contributed by atoms with van der Waals surface area (Å²) in [6.07, 6.45) is 4.33. The second kappa shape index (κ2) is 5.48. The van der Waals surface area contributed by atoms with Crippen LogP contribution in [0.1, 0.15) is 33.1 Å². The van der Waals surface area contributed by atoms with Gasteiger partial charge in [0.2, 0.25) is 0 Å². The van der Waals surface area contributed by atoms with Gasteiger partial charge in [-0.15, -0.1) is 0 Å². The highest BCUT2D eigenvalue weighted by molar-refractivity contribution is 4.90. The van der Waals surface area contributed by atoms with E-state index in [-0.39, 0.29) is 0 Å². The summed E-state index contributed by atoms with van der Waals surface area (Å²) in [7, 11) is 0. The Balaban J connectivity index is 1.49. The standard InChI is InChI=1S/C15H29N3/c1-12-7-13(2)9-14(8-12)17-3-5-18(6-4-17)15-10-16-11-15/h12-16H,3-11H2,1-2H3. The maximum Gasteiger partial charge on any atom is 0.0346 e. The topological polar surface area (TPSA) is 18.5 Å². The summed E-state index contributed by atoms with van der Waals surface area (Å²) in [4.78, 5) is 5.48. The highest BCUT2D eigenvalue weighted by Crippen LogP contribution is 2.32. The molecule has 3 aliphatic rings. The smallest absolute Gasteiger partial charge is 0.0346 e. The largest absolute Gasteiger partial charge is 0.314 e. The van der Waals surface area contributed by atoms with Gasteiger partial charge in [-0.2, -0.15) is 0 Å². The van der Waals surface area contributed by atoms with E-state index in [9.17, 15) is 0 Å². The monoisotopic (exact) mass is 251 g/mol. The van der Waals surface area contributed by atoms with Gasteiger partial charge in [-0.1, -0.05) is 13.8 Å². The van der Waals surface area contributed by atoms with Crippen LogP contribution in [0.4, 0.5) is 0 Å². The van der Waals surface area contributed by atoms with Crippen LogP contribution < -0.4 is 5.32 Å². The lowest BCUT2D eigenvalue weighted by molar-refractivity contribution is 0.0286. The Kier molecular flexibility index (Phi) is 3.92. The summed E-state index contributed by atoms with van der Waals surface area (Å²) in [5, 5.41) is 3.39. The average molecular weight is 251 g/mol. The number of hydrogen-bond donors (Lipinski definition) is 1. The zero-order chi connectivity index (χ0) is 12.5. The molecule has 1 aliphatic carbocycles. The molecule has 18 heavy (non-hydrogen) atoms. The number of nitrogens with one attached hydrogen (secondary N) is 1. The Morgan fingerprint density at radius 3 is 1.67 bits per heavy atom. The first-order valence-electron chi connectivity index (χ1n) is 7.91. The van der Waals surface area contributed by atoms with Gasteiger partial charge in [-0.3, -0.25) is 9.80 Å². The molecule has 0 radical (unpaired) electrons. The van der Waals surface area contributed by atoms with Crippen LogP contribution in [0, 0.1) is 11.8 Å². The fraction of sp³-hybridized carbons (Fsp3) is 1.00. The molecule has 0 amide bonds. The number of hydrogen-bond acceptors (Lipinski definition) is 3. The molecule has 0 aromatic heterocycles. The molecular weight excluding hydrogens is 222 g/mol. The van der Waals surface area contributed by atoms with Crippen molar-refractivity contribution in [3.8, 4) is 0 Å². The van der Waals surface area contributed by atoms with Gasteiger partial charge in [0.1, 0.15) is 0 Å². The van der Waals surface area contributed by atoms with Gasteiger partial charge in [-0.05, 0) is 31.1 Å². The minimum absolute atomic E-state index is 0.844. The van der Waals surface area contributed by atoms with Crippen molar-refractivity contribution in [3.05, 3.63) is 0 Å². The van der Waals surface area contributed by atoms with E-state index in [2.05, 4.69) is 29.0 Å². The molecule has 3 fully saturated rings. The lowest BCUT2D eigenvalue weighted by atomic mass is 9.79. The first-order chi connectivity index (χ1) is 8.72. The molecule has 104 valence electrons. The molecule has 0 spiro atoms. The summed E-state index contributed by atoms with van der Waals surface area (Å²) in [5.41, 5.74) is 0. The van der Waals surface area contributed by atoms with Gasteiger partial charge in [0.05, 0.1) is 0 Å². The summed E-state index contributed by atoms with van der Waals surface area (Å²) in [6, 6.07) is 1.72. The van der Waals surface area contributed by atoms with Gasteiger partial charge in [0.25, 0.3) is 0 Å². The molecule has 2 unspecified atom stereocenters. The summed E-state index contributed by atoms with van der Waals surface area (Å²) >= 11 is 0. The molecule has 2 saturated heterocycles. The molecule has 3 heteroatoms. The van der Waals surface area contributed by atoms with Gasteiger partial charge in [0, 0.05) is 51.4 Å². The molecule has 3 rings (SSSR count). The Bertz CT molecular complexity index is 259. The number of piperazine rings is 1. The predicted octanol–water partition coefficient (Wildman–Crippen LogP) is 1.40. The van der Waals surface area contributed by atoms with Crippen molar-refractivity contribution < 1.29 is 0 Å². The molecule has 1 saturated carbocycles. The summed E-state index contributed by atoms with van der Waals surface area (Å²) < 4.78 is 0. The highest BCUT2D eigenvalue weighted by Gasteiger charge is 2.32. The van der Waals surface area contributed by atoms with Crippen molar-refractivity contribution in [3.63, 3.8) is 0 Å². The third-order valence-corrected chi connectivity index (χ3v) is 5.30. The van der Waals surface area contributed by atoms with E-state index in [1.807, 2.05) is 0 Å². The summed E-state index contributed by atoms with van der Waals surface area (Å²) in [6.45, 7) is 12.5. The van der Waals surface area contributed by atoms with E-state index in [1.165, 1.54) is 58.5 Å². The Morgan fingerprint density at radius 1 is 0.722 bits per heavy atom. The van der Waals surface area contributed by atoms with E-state index in [1.54, 1.807) is 0 Å².